The average molecular weight is 166 g/mol. The lowest BCUT2D eigenvalue weighted by molar-refractivity contribution is -0.894. The molecule has 0 rings (SSSR count). The van der Waals surface area contributed by atoms with E-state index in [1.807, 2.05) is 0 Å². The van der Waals surface area contributed by atoms with Crippen LogP contribution in [0.15, 0.2) is 0 Å². The van der Waals surface area contributed by atoms with Crippen LogP contribution in [0.25, 0.3) is 0 Å². The van der Waals surface area contributed by atoms with E-state index >= 15 is 0 Å². The topological polar surface area (TPSA) is 98.0 Å². The Kier molecular flexibility index (Phi) is 3.98. The average Bonchev–Trinajstić information content (AvgIpc) is 2.00. The third-order valence-corrected chi connectivity index (χ3v) is 1.48. The summed E-state index contributed by atoms with van der Waals surface area (Å²) < 4.78 is -0.934. The zero-order valence-electron chi connectivity index (χ0n) is 5.97. The van der Waals surface area contributed by atoms with Crippen molar-refractivity contribution < 1.29 is 29.7 Å². The van der Waals surface area contributed by atoms with E-state index in [1.54, 1.807) is 0 Å². The van der Waals surface area contributed by atoms with Crippen LogP contribution in [-0.2, 0) is 0 Å². The monoisotopic (exact) mass is 166 g/mol. The molecular formula is C5H12NO5+. The van der Waals surface area contributed by atoms with Gasteiger partial charge in [-0.05, 0) is 0 Å². The molecule has 0 aromatic heterocycles. The first kappa shape index (κ1) is 10.3. The van der Waals surface area contributed by atoms with Gasteiger partial charge in [-0.3, -0.25) is 0 Å². The van der Waals surface area contributed by atoms with Crippen molar-refractivity contribution in [2.45, 2.75) is 0 Å². The Morgan fingerprint density at radius 3 is 1.73 bits per heavy atom. The third kappa shape index (κ3) is 2.12. The molecule has 4 N–H and O–H groups in total. The van der Waals surface area contributed by atoms with Crippen LogP contribution >= 0.6 is 0 Å². The summed E-state index contributed by atoms with van der Waals surface area (Å²) in [5.41, 5.74) is 0. The number of carboxylic acid groups (broad SMARTS) is 1. The van der Waals surface area contributed by atoms with E-state index in [0.717, 1.165) is 0 Å². The highest BCUT2D eigenvalue weighted by Gasteiger charge is 2.34. The van der Waals surface area contributed by atoms with Crippen LogP contribution in [0.2, 0.25) is 0 Å². The molecule has 0 atom stereocenters. The largest absolute Gasteiger partial charge is 0.517 e. The van der Waals surface area contributed by atoms with Gasteiger partial charge in [-0.1, -0.05) is 0 Å². The summed E-state index contributed by atoms with van der Waals surface area (Å²) in [6, 6.07) is 0. The van der Waals surface area contributed by atoms with Crippen molar-refractivity contribution in [1.82, 2.24) is 0 Å². The van der Waals surface area contributed by atoms with Crippen molar-refractivity contribution >= 4 is 6.09 Å². The Balaban J connectivity index is 4.32. The number of aliphatic hydroxyl groups is 3. The fourth-order valence-corrected chi connectivity index (χ4v) is 0.594. The number of amides is 1. The minimum Gasteiger partial charge on any atom is -0.435 e. The molecule has 0 aliphatic carbocycles. The summed E-state index contributed by atoms with van der Waals surface area (Å²) in [6.45, 7) is -2.06. The molecule has 0 bridgehead atoms. The number of hydrogen-bond donors (Lipinski definition) is 4. The molecule has 6 heteroatoms. The summed E-state index contributed by atoms with van der Waals surface area (Å²) in [5, 5.41) is 34.1. The zero-order chi connectivity index (χ0) is 8.91. The van der Waals surface area contributed by atoms with Crippen LogP contribution in [-0.4, -0.2) is 57.6 Å². The van der Waals surface area contributed by atoms with Crippen molar-refractivity contribution in [3.05, 3.63) is 0 Å². The van der Waals surface area contributed by atoms with E-state index in [-0.39, 0.29) is 6.54 Å². The molecule has 0 fully saturated rings. The molecule has 0 unspecified atom stereocenters. The van der Waals surface area contributed by atoms with Gasteiger partial charge in [-0.25, -0.2) is 0 Å². The smallest absolute Gasteiger partial charge is 0.435 e. The van der Waals surface area contributed by atoms with Crippen molar-refractivity contribution in [1.29, 1.82) is 0 Å². The van der Waals surface area contributed by atoms with Crippen LogP contribution in [0.1, 0.15) is 0 Å². The number of quaternary nitrogens is 1. The quantitative estimate of drug-likeness (QED) is 0.297. The Morgan fingerprint density at radius 1 is 1.18 bits per heavy atom. The maximum absolute atomic E-state index is 10.4. The van der Waals surface area contributed by atoms with Crippen LogP contribution < -0.4 is 0 Å². The molecule has 66 valence electrons. The number of aliphatic hydroxyl groups excluding tert-OH is 3. The van der Waals surface area contributed by atoms with Gasteiger partial charge in [0.05, 0.1) is 6.61 Å². The standard InChI is InChI=1S/C5H11NO5/c7-2-1-6(3-8,4-9)5(10)11/h7-9H,1-4H2/p+1. The summed E-state index contributed by atoms with van der Waals surface area (Å²) in [7, 11) is 0. The first-order chi connectivity index (χ1) is 5.13. The van der Waals surface area contributed by atoms with Crippen LogP contribution in [0.4, 0.5) is 4.79 Å². The Labute approximate surface area is 63.5 Å². The summed E-state index contributed by atoms with van der Waals surface area (Å²) in [4.78, 5) is 10.4. The number of nitrogens with zero attached hydrogens (tertiary/aromatic N) is 1. The predicted octanol–water partition coefficient (Wildman–Crippen LogP) is -1.63. The molecule has 0 spiro atoms. The van der Waals surface area contributed by atoms with Gasteiger partial charge in [0.1, 0.15) is 6.54 Å². The van der Waals surface area contributed by atoms with Crippen LogP contribution in [0.5, 0.6) is 0 Å². The minimum atomic E-state index is -1.36. The first-order valence-electron chi connectivity index (χ1n) is 3.05. The lowest BCUT2D eigenvalue weighted by Crippen LogP contribution is -2.54. The zero-order valence-corrected chi connectivity index (χ0v) is 5.97. The van der Waals surface area contributed by atoms with Gasteiger partial charge in [0.25, 0.3) is 0 Å². The number of rotatable bonds is 4. The van der Waals surface area contributed by atoms with Gasteiger partial charge in [-0.15, -0.1) is 0 Å². The van der Waals surface area contributed by atoms with E-state index in [0.29, 0.717) is 0 Å². The summed E-state index contributed by atoms with van der Waals surface area (Å²) in [5.74, 6) is 0. The van der Waals surface area contributed by atoms with Crippen LogP contribution in [0, 0.1) is 0 Å². The predicted molar refractivity (Wildman–Crippen MR) is 34.4 cm³/mol. The Bertz CT molecular complexity index is 133. The normalized spacial score (nSPS) is 11.5. The fraction of sp³-hybridized carbons (Fsp3) is 0.800. The molecule has 0 aliphatic rings. The highest BCUT2D eigenvalue weighted by molar-refractivity contribution is 5.56. The van der Waals surface area contributed by atoms with E-state index in [4.69, 9.17) is 20.4 Å². The van der Waals surface area contributed by atoms with Gasteiger partial charge < -0.3 is 20.4 Å². The SMILES string of the molecule is O=C(O)[N+](CO)(CO)CCO. The van der Waals surface area contributed by atoms with Crippen molar-refractivity contribution in [2.24, 2.45) is 0 Å². The second kappa shape index (κ2) is 4.24. The van der Waals surface area contributed by atoms with Crippen molar-refractivity contribution in [3.63, 3.8) is 0 Å². The molecule has 0 aliphatic heterocycles. The van der Waals surface area contributed by atoms with Gasteiger partial charge in [-0.2, -0.15) is 9.28 Å². The van der Waals surface area contributed by atoms with Crippen molar-refractivity contribution in [2.75, 3.05) is 26.6 Å². The van der Waals surface area contributed by atoms with Gasteiger partial charge in [0, 0.05) is 0 Å². The van der Waals surface area contributed by atoms with E-state index < -0.39 is 30.6 Å². The molecule has 11 heavy (non-hydrogen) atoms. The molecule has 1 amide bonds. The lowest BCUT2D eigenvalue weighted by atomic mass is 10.5. The van der Waals surface area contributed by atoms with E-state index in [1.165, 1.54) is 0 Å². The van der Waals surface area contributed by atoms with Gasteiger partial charge in [0.2, 0.25) is 0 Å². The molecule has 0 saturated carbocycles. The first-order valence-corrected chi connectivity index (χ1v) is 3.05. The summed E-state index contributed by atoms with van der Waals surface area (Å²) >= 11 is 0. The highest BCUT2D eigenvalue weighted by atomic mass is 16.4. The van der Waals surface area contributed by atoms with Gasteiger partial charge in [0.15, 0.2) is 13.5 Å². The third-order valence-electron chi connectivity index (χ3n) is 1.48. The second-order valence-corrected chi connectivity index (χ2v) is 2.16. The maximum Gasteiger partial charge on any atom is 0.517 e. The molecule has 0 radical (unpaired) electrons. The highest BCUT2D eigenvalue weighted by Crippen LogP contribution is 2.03. The van der Waals surface area contributed by atoms with E-state index in [2.05, 4.69) is 0 Å². The molecule has 0 aromatic carbocycles. The van der Waals surface area contributed by atoms with Gasteiger partial charge >= 0.3 is 6.09 Å². The number of hydrogen-bond acceptors (Lipinski definition) is 4. The molecule has 0 aromatic rings. The molecule has 6 nitrogen and oxygen atoms in total. The Hall–Kier alpha value is -0.690. The maximum atomic E-state index is 10.4. The minimum absolute atomic E-state index is 0.206. The molecule has 0 saturated heterocycles. The Morgan fingerprint density at radius 2 is 1.64 bits per heavy atom. The second-order valence-electron chi connectivity index (χ2n) is 2.16. The van der Waals surface area contributed by atoms with E-state index in [9.17, 15) is 4.79 Å². The molecule has 0 heterocycles. The lowest BCUT2D eigenvalue weighted by Gasteiger charge is -2.26. The fourth-order valence-electron chi connectivity index (χ4n) is 0.594. The van der Waals surface area contributed by atoms with Crippen molar-refractivity contribution in [3.8, 4) is 0 Å². The summed E-state index contributed by atoms with van der Waals surface area (Å²) in [6.07, 6.45) is -1.36. The van der Waals surface area contributed by atoms with Crippen LogP contribution in [0.3, 0.4) is 0 Å². The number of carbonyl (C=O) groups is 1. The molecular weight excluding hydrogens is 154 g/mol.